The summed E-state index contributed by atoms with van der Waals surface area (Å²) in [4.78, 5) is 26.4. The van der Waals surface area contributed by atoms with Gasteiger partial charge in [-0.2, -0.15) is 0 Å². The van der Waals surface area contributed by atoms with E-state index < -0.39 is 29.5 Å². The Labute approximate surface area is 141 Å². The summed E-state index contributed by atoms with van der Waals surface area (Å²) in [5, 5.41) is 9.53. The second kappa shape index (κ2) is 4.31. The number of rotatable bonds is 3. The van der Waals surface area contributed by atoms with E-state index in [9.17, 15) is 14.7 Å². The van der Waals surface area contributed by atoms with Gasteiger partial charge < -0.3 is 14.7 Å². The van der Waals surface area contributed by atoms with Gasteiger partial charge in [-0.25, -0.2) is 0 Å². The minimum atomic E-state index is -0.925. The van der Waals surface area contributed by atoms with Gasteiger partial charge in [0.25, 0.3) is 0 Å². The maximum absolute atomic E-state index is 13.0. The molecule has 1 amide bonds. The summed E-state index contributed by atoms with van der Waals surface area (Å²) in [5.74, 6) is -0.934. The quantitative estimate of drug-likeness (QED) is 0.803. The van der Waals surface area contributed by atoms with E-state index in [4.69, 9.17) is 4.74 Å². The van der Waals surface area contributed by atoms with E-state index in [0.29, 0.717) is 24.4 Å². The van der Waals surface area contributed by atoms with Gasteiger partial charge in [-0.15, -0.1) is 0 Å². The Kier molecular flexibility index (Phi) is 2.64. The number of carboxylic acids is 1. The summed E-state index contributed by atoms with van der Waals surface area (Å²) in [5.41, 5.74) is 0.981. The molecule has 0 aromatic heterocycles. The van der Waals surface area contributed by atoms with Crippen LogP contribution < -0.4 is 0 Å². The number of hydrogen-bond acceptors (Lipinski definition) is 3. The standard InChI is InChI=1S/C19H23NO4/c1-18(2)11-4-3-10(12(18)7-11)8-20-9-19-6-5-13(24-19)14(17(22)23)15(19)16(20)21/h3,5-6,11-15H,4,7-9H2,1-2H3,(H,22,23)/t11-,12+,13-,14-,15+,19-/m1/s1. The third-order valence-electron chi connectivity index (χ3n) is 7.42. The lowest BCUT2D eigenvalue weighted by molar-refractivity contribution is -0.148. The highest BCUT2D eigenvalue weighted by molar-refractivity contribution is 5.90. The van der Waals surface area contributed by atoms with E-state index in [1.165, 1.54) is 12.0 Å². The fourth-order valence-electron chi connectivity index (χ4n) is 5.87. The second-order valence-corrected chi connectivity index (χ2v) is 8.75. The minimum absolute atomic E-state index is 0.0468. The first-order valence-corrected chi connectivity index (χ1v) is 8.91. The van der Waals surface area contributed by atoms with Crippen LogP contribution in [0.1, 0.15) is 26.7 Å². The highest BCUT2D eigenvalue weighted by Gasteiger charge is 2.67. The molecule has 2 saturated heterocycles. The van der Waals surface area contributed by atoms with E-state index in [-0.39, 0.29) is 5.91 Å². The third-order valence-corrected chi connectivity index (χ3v) is 7.42. The molecule has 0 radical (unpaired) electrons. The summed E-state index contributed by atoms with van der Waals surface area (Å²) < 4.78 is 5.95. The predicted octanol–water partition coefficient (Wildman–Crippen LogP) is 1.85. The topological polar surface area (TPSA) is 66.8 Å². The van der Waals surface area contributed by atoms with Crippen molar-refractivity contribution >= 4 is 11.9 Å². The highest BCUT2D eigenvalue weighted by atomic mass is 16.5. The lowest BCUT2D eigenvalue weighted by Gasteiger charge is -2.56. The van der Waals surface area contributed by atoms with Gasteiger partial charge in [-0.3, -0.25) is 9.59 Å². The van der Waals surface area contributed by atoms with Gasteiger partial charge >= 0.3 is 5.97 Å². The zero-order chi connectivity index (χ0) is 16.9. The Morgan fingerprint density at radius 3 is 2.92 bits per heavy atom. The maximum Gasteiger partial charge on any atom is 0.310 e. The lowest BCUT2D eigenvalue weighted by Crippen LogP contribution is -2.50. The van der Waals surface area contributed by atoms with Gasteiger partial charge in [-0.1, -0.05) is 37.6 Å². The summed E-state index contributed by atoms with van der Waals surface area (Å²) in [6.07, 6.45) is 7.95. The average Bonchev–Trinajstić information content (AvgIpc) is 3.16. The fraction of sp³-hybridized carbons (Fsp3) is 0.684. The van der Waals surface area contributed by atoms with Gasteiger partial charge in [0.2, 0.25) is 5.91 Å². The van der Waals surface area contributed by atoms with Crippen LogP contribution in [0.5, 0.6) is 0 Å². The summed E-state index contributed by atoms with van der Waals surface area (Å²) >= 11 is 0. The first-order valence-electron chi connectivity index (χ1n) is 8.91. The Morgan fingerprint density at radius 1 is 1.46 bits per heavy atom. The molecule has 3 heterocycles. The van der Waals surface area contributed by atoms with E-state index in [0.717, 1.165) is 12.3 Å². The van der Waals surface area contributed by atoms with Crippen molar-refractivity contribution in [1.82, 2.24) is 4.90 Å². The molecule has 1 saturated carbocycles. The van der Waals surface area contributed by atoms with Crippen LogP contribution in [0.2, 0.25) is 0 Å². The molecule has 0 aromatic rings. The molecule has 3 aliphatic carbocycles. The summed E-state index contributed by atoms with van der Waals surface area (Å²) in [6, 6.07) is 0. The van der Waals surface area contributed by atoms with Crippen LogP contribution in [0.15, 0.2) is 23.8 Å². The predicted molar refractivity (Wildman–Crippen MR) is 86.0 cm³/mol. The first kappa shape index (κ1) is 14.7. The molecular formula is C19H23NO4. The molecule has 128 valence electrons. The smallest absolute Gasteiger partial charge is 0.310 e. The molecule has 6 aliphatic rings. The number of carbonyl (C=O) groups excluding carboxylic acids is 1. The van der Waals surface area contributed by atoms with Gasteiger partial charge in [0.05, 0.1) is 18.6 Å². The number of aliphatic carboxylic acids is 1. The Balaban J connectivity index is 1.40. The third kappa shape index (κ3) is 1.59. The van der Waals surface area contributed by atoms with Gasteiger partial charge in [0.1, 0.15) is 11.5 Å². The number of carboxylic acid groups (broad SMARTS) is 1. The number of carbonyl (C=O) groups is 2. The minimum Gasteiger partial charge on any atom is -0.481 e. The maximum atomic E-state index is 13.0. The van der Waals surface area contributed by atoms with Crippen molar-refractivity contribution in [3.63, 3.8) is 0 Å². The van der Waals surface area contributed by atoms with Gasteiger partial charge in [-0.05, 0) is 30.1 Å². The van der Waals surface area contributed by atoms with Crippen molar-refractivity contribution < 1.29 is 19.4 Å². The number of ether oxygens (including phenoxy) is 1. The zero-order valence-corrected chi connectivity index (χ0v) is 14.1. The normalized spacial score (nSPS) is 46.8. The van der Waals surface area contributed by atoms with Crippen molar-refractivity contribution in [3.05, 3.63) is 23.8 Å². The van der Waals surface area contributed by atoms with E-state index in [1.54, 1.807) is 0 Å². The number of allylic oxidation sites excluding steroid dienone is 1. The SMILES string of the molecule is CC1(C)[C@@H]2CC=C(CN3C[C@@]45C=C[C@@H](O4)[C@@H](C(=O)O)[C@H]5C3=O)[C@@H]1C2. The van der Waals surface area contributed by atoms with Crippen LogP contribution in [-0.2, 0) is 14.3 Å². The summed E-state index contributed by atoms with van der Waals surface area (Å²) in [7, 11) is 0. The molecule has 5 nitrogen and oxygen atoms in total. The second-order valence-electron chi connectivity index (χ2n) is 8.75. The molecule has 5 heteroatoms. The van der Waals surface area contributed by atoms with Crippen LogP contribution in [0.25, 0.3) is 0 Å². The van der Waals surface area contributed by atoms with Crippen LogP contribution in [0, 0.1) is 29.1 Å². The first-order chi connectivity index (χ1) is 11.3. The Hall–Kier alpha value is -1.62. The number of amides is 1. The largest absolute Gasteiger partial charge is 0.481 e. The van der Waals surface area contributed by atoms with Crippen molar-refractivity contribution in [2.24, 2.45) is 29.1 Å². The molecule has 0 unspecified atom stereocenters. The van der Waals surface area contributed by atoms with Crippen molar-refractivity contribution in [2.75, 3.05) is 13.1 Å². The number of likely N-dealkylation sites (tertiary alicyclic amines) is 1. The van der Waals surface area contributed by atoms with Crippen molar-refractivity contribution in [3.8, 4) is 0 Å². The monoisotopic (exact) mass is 329 g/mol. The summed E-state index contributed by atoms with van der Waals surface area (Å²) in [6.45, 7) is 5.77. The molecule has 24 heavy (non-hydrogen) atoms. The number of hydrogen-bond donors (Lipinski definition) is 1. The molecule has 1 N–H and O–H groups in total. The Bertz CT molecular complexity index is 708. The van der Waals surface area contributed by atoms with Crippen molar-refractivity contribution in [1.29, 1.82) is 0 Å². The zero-order valence-electron chi connectivity index (χ0n) is 14.1. The van der Waals surface area contributed by atoms with Crippen LogP contribution in [0.3, 0.4) is 0 Å². The molecule has 3 fully saturated rings. The Morgan fingerprint density at radius 2 is 2.25 bits per heavy atom. The van der Waals surface area contributed by atoms with Crippen LogP contribution in [0.4, 0.5) is 0 Å². The highest BCUT2D eigenvalue weighted by Crippen LogP contribution is 2.60. The molecule has 3 aliphatic heterocycles. The van der Waals surface area contributed by atoms with Gasteiger partial charge in [0, 0.05) is 6.54 Å². The lowest BCUT2D eigenvalue weighted by atomic mass is 9.49. The molecule has 1 spiro atoms. The van der Waals surface area contributed by atoms with Crippen LogP contribution >= 0.6 is 0 Å². The van der Waals surface area contributed by atoms with E-state index >= 15 is 0 Å². The fourth-order valence-corrected chi connectivity index (χ4v) is 5.87. The molecule has 4 bridgehead atoms. The molecule has 0 aromatic carbocycles. The molecular weight excluding hydrogens is 306 g/mol. The number of nitrogens with zero attached hydrogens (tertiary/aromatic N) is 1. The van der Waals surface area contributed by atoms with Crippen molar-refractivity contribution in [2.45, 2.75) is 38.4 Å². The average molecular weight is 329 g/mol. The molecule has 6 rings (SSSR count). The van der Waals surface area contributed by atoms with E-state index in [2.05, 4.69) is 19.9 Å². The van der Waals surface area contributed by atoms with Gasteiger partial charge in [0.15, 0.2) is 0 Å². The number of fused-ring (bicyclic) bond motifs is 2. The van der Waals surface area contributed by atoms with Crippen LogP contribution in [-0.4, -0.2) is 46.7 Å². The molecule has 6 atom stereocenters. The van der Waals surface area contributed by atoms with E-state index in [1.807, 2.05) is 17.1 Å².